The van der Waals surface area contributed by atoms with Crippen molar-refractivity contribution >= 4 is 0 Å². The van der Waals surface area contributed by atoms with Crippen molar-refractivity contribution in [3.63, 3.8) is 0 Å². The Morgan fingerprint density at radius 3 is 2.27 bits per heavy atom. The van der Waals surface area contributed by atoms with Crippen LogP contribution in [0.5, 0.6) is 0 Å². The van der Waals surface area contributed by atoms with E-state index in [1.165, 1.54) is 0 Å². The highest BCUT2D eigenvalue weighted by Crippen LogP contribution is 2.37. The number of hydrogen-bond acceptors (Lipinski definition) is 4. The van der Waals surface area contributed by atoms with Crippen molar-refractivity contribution in [3.05, 3.63) is 0 Å². The minimum absolute atomic E-state index is 0.192. The summed E-state index contributed by atoms with van der Waals surface area (Å²) in [6.45, 7) is 1.49. The standard InChI is InChI=1S/C6H11F5N4/c1-2-3-15-12-4-14(13-15)6(10,11)5(7,8)9/h12-13H,2-4H2,1H3. The predicted molar refractivity (Wildman–Crippen MR) is 41.0 cm³/mol. The fourth-order valence-electron chi connectivity index (χ4n) is 1.04. The fourth-order valence-corrected chi connectivity index (χ4v) is 1.04. The molecule has 0 atom stereocenters. The van der Waals surface area contributed by atoms with Gasteiger partial charge in [-0.25, -0.2) is 5.43 Å². The molecule has 0 spiro atoms. The van der Waals surface area contributed by atoms with Gasteiger partial charge in [-0.2, -0.15) is 32.6 Å². The van der Waals surface area contributed by atoms with Gasteiger partial charge in [-0.15, -0.1) is 5.01 Å². The van der Waals surface area contributed by atoms with E-state index in [1.807, 2.05) is 5.53 Å². The molecule has 0 aliphatic carbocycles. The molecule has 0 amide bonds. The van der Waals surface area contributed by atoms with Crippen molar-refractivity contribution in [2.45, 2.75) is 25.6 Å². The highest BCUT2D eigenvalue weighted by atomic mass is 19.4. The topological polar surface area (TPSA) is 30.5 Å². The quantitative estimate of drug-likeness (QED) is 0.564. The molecule has 0 unspecified atom stereocenters. The molecule has 1 heterocycles. The van der Waals surface area contributed by atoms with Gasteiger partial charge in [0, 0.05) is 6.54 Å². The average molecular weight is 234 g/mol. The van der Waals surface area contributed by atoms with Crippen molar-refractivity contribution in [1.82, 2.24) is 21.1 Å². The van der Waals surface area contributed by atoms with Crippen LogP contribution in [0.3, 0.4) is 0 Å². The maximum Gasteiger partial charge on any atom is 0.470 e. The summed E-state index contributed by atoms with van der Waals surface area (Å²) in [5.74, 6) is 0. The molecule has 1 fully saturated rings. The molecule has 0 aromatic carbocycles. The van der Waals surface area contributed by atoms with Crippen LogP contribution in [0.1, 0.15) is 13.3 Å². The van der Waals surface area contributed by atoms with Gasteiger partial charge in [0.05, 0.1) is 6.67 Å². The number of rotatable bonds is 3. The van der Waals surface area contributed by atoms with E-state index in [0.717, 1.165) is 5.12 Å². The molecule has 0 aromatic rings. The Labute approximate surface area is 82.9 Å². The molecule has 0 aromatic heterocycles. The van der Waals surface area contributed by atoms with Gasteiger partial charge in [0.1, 0.15) is 0 Å². The molecule has 1 aliphatic rings. The molecule has 4 nitrogen and oxygen atoms in total. The minimum Gasteiger partial charge on any atom is -0.224 e. The van der Waals surface area contributed by atoms with E-state index < -0.39 is 18.9 Å². The van der Waals surface area contributed by atoms with Crippen molar-refractivity contribution < 1.29 is 22.0 Å². The van der Waals surface area contributed by atoms with Crippen LogP contribution in [0.2, 0.25) is 0 Å². The molecule has 0 saturated carbocycles. The molecule has 0 bridgehead atoms. The summed E-state index contributed by atoms with van der Waals surface area (Å²) in [5.41, 5.74) is 4.28. The van der Waals surface area contributed by atoms with Crippen LogP contribution in [0.4, 0.5) is 22.0 Å². The number of hydrazine groups is 3. The second-order valence-electron chi connectivity index (χ2n) is 3.03. The summed E-state index contributed by atoms with van der Waals surface area (Å²) in [5, 5.41) is 0.891. The van der Waals surface area contributed by atoms with Gasteiger partial charge in [-0.3, -0.25) is 0 Å². The second-order valence-corrected chi connectivity index (χ2v) is 3.03. The Balaban J connectivity index is 2.60. The monoisotopic (exact) mass is 234 g/mol. The zero-order chi connectivity index (χ0) is 11.7. The first kappa shape index (κ1) is 12.6. The third-order valence-corrected chi connectivity index (χ3v) is 1.79. The summed E-state index contributed by atoms with van der Waals surface area (Å²) < 4.78 is 61.2. The molecule has 15 heavy (non-hydrogen) atoms. The number of nitrogens with one attached hydrogen (secondary N) is 2. The fraction of sp³-hybridized carbons (Fsp3) is 1.00. The second kappa shape index (κ2) is 4.16. The Morgan fingerprint density at radius 2 is 1.80 bits per heavy atom. The van der Waals surface area contributed by atoms with Gasteiger partial charge in [0.15, 0.2) is 0 Å². The Morgan fingerprint density at radius 1 is 1.20 bits per heavy atom. The molecule has 9 heteroatoms. The normalized spacial score (nSPS) is 21.2. The summed E-state index contributed by atoms with van der Waals surface area (Å²) in [7, 11) is 0. The minimum atomic E-state index is -5.59. The highest BCUT2D eigenvalue weighted by Gasteiger charge is 2.63. The number of halogens is 5. The number of alkyl halides is 5. The third kappa shape index (κ3) is 2.54. The zero-order valence-electron chi connectivity index (χ0n) is 7.91. The summed E-state index contributed by atoms with van der Waals surface area (Å²) in [4.78, 5) is 0. The molecule has 1 rings (SSSR count). The molecule has 1 aliphatic heterocycles. The first-order valence-electron chi connectivity index (χ1n) is 4.28. The van der Waals surface area contributed by atoms with Crippen molar-refractivity contribution in [2.24, 2.45) is 0 Å². The molecule has 90 valence electrons. The van der Waals surface area contributed by atoms with Crippen LogP contribution in [0, 0.1) is 0 Å². The zero-order valence-corrected chi connectivity index (χ0v) is 7.91. The van der Waals surface area contributed by atoms with Crippen molar-refractivity contribution in [1.29, 1.82) is 0 Å². The maximum atomic E-state index is 12.7. The first-order valence-corrected chi connectivity index (χ1v) is 4.28. The Hall–Kier alpha value is -0.510. The number of nitrogens with zero attached hydrogens (tertiary/aromatic N) is 2. The number of hydrogen-bond donors (Lipinski definition) is 2. The van der Waals surface area contributed by atoms with Gasteiger partial charge in [-0.05, 0) is 6.42 Å². The lowest BCUT2D eigenvalue weighted by atomic mass is 10.5. The van der Waals surface area contributed by atoms with Gasteiger partial charge in [-0.1, -0.05) is 6.92 Å². The molecular formula is C6H11F5N4. The smallest absolute Gasteiger partial charge is 0.224 e. The van der Waals surface area contributed by atoms with E-state index in [4.69, 9.17) is 0 Å². The van der Waals surface area contributed by atoms with Gasteiger partial charge >= 0.3 is 12.2 Å². The lowest BCUT2D eigenvalue weighted by molar-refractivity contribution is -0.350. The third-order valence-electron chi connectivity index (χ3n) is 1.79. The maximum absolute atomic E-state index is 12.7. The molecular weight excluding hydrogens is 223 g/mol. The van der Waals surface area contributed by atoms with Gasteiger partial charge in [0.25, 0.3) is 0 Å². The summed E-state index contributed by atoms with van der Waals surface area (Å²) >= 11 is 0. The van der Waals surface area contributed by atoms with Crippen LogP contribution in [0.25, 0.3) is 0 Å². The largest absolute Gasteiger partial charge is 0.470 e. The lowest BCUT2D eigenvalue weighted by Gasteiger charge is -2.27. The average Bonchev–Trinajstić information content (AvgIpc) is 2.51. The summed E-state index contributed by atoms with van der Waals surface area (Å²) in [6.07, 6.45) is -4.98. The Bertz CT molecular complexity index is 218. The van der Waals surface area contributed by atoms with Crippen LogP contribution >= 0.6 is 0 Å². The summed E-state index contributed by atoms with van der Waals surface area (Å²) in [6, 6.07) is -4.89. The first-order chi connectivity index (χ1) is 6.79. The van der Waals surface area contributed by atoms with E-state index in [1.54, 1.807) is 6.92 Å². The van der Waals surface area contributed by atoms with E-state index in [-0.39, 0.29) is 5.01 Å². The van der Waals surface area contributed by atoms with E-state index in [0.29, 0.717) is 13.0 Å². The Kier molecular flexibility index (Phi) is 3.48. The van der Waals surface area contributed by atoms with E-state index >= 15 is 0 Å². The van der Waals surface area contributed by atoms with E-state index in [2.05, 4.69) is 5.43 Å². The van der Waals surface area contributed by atoms with Crippen LogP contribution in [-0.4, -0.2) is 35.6 Å². The SMILES string of the molecule is CCCN1NCN(C(F)(F)C(F)(F)F)N1. The molecule has 2 N–H and O–H groups in total. The van der Waals surface area contributed by atoms with Crippen LogP contribution in [0.15, 0.2) is 0 Å². The van der Waals surface area contributed by atoms with Crippen molar-refractivity contribution in [2.75, 3.05) is 13.2 Å². The lowest BCUT2D eigenvalue weighted by Crippen LogP contribution is -2.57. The van der Waals surface area contributed by atoms with Gasteiger partial charge in [0.2, 0.25) is 0 Å². The van der Waals surface area contributed by atoms with Crippen molar-refractivity contribution in [3.8, 4) is 0 Å². The molecule has 0 radical (unpaired) electrons. The van der Waals surface area contributed by atoms with Crippen LogP contribution < -0.4 is 11.0 Å². The molecule has 1 saturated heterocycles. The van der Waals surface area contributed by atoms with E-state index in [9.17, 15) is 22.0 Å². The predicted octanol–water partition coefficient (Wildman–Crippen LogP) is 1.05. The van der Waals surface area contributed by atoms with Crippen LogP contribution in [-0.2, 0) is 0 Å². The highest BCUT2D eigenvalue weighted by molar-refractivity contribution is 4.75. The van der Waals surface area contributed by atoms with Gasteiger partial charge < -0.3 is 0 Å².